The van der Waals surface area contributed by atoms with Gasteiger partial charge in [0.05, 0.1) is 10.1 Å². The third-order valence-electron chi connectivity index (χ3n) is 3.20. The first-order valence-corrected chi connectivity index (χ1v) is 7.38. The molecule has 0 fully saturated rings. The highest BCUT2D eigenvalue weighted by atomic mass is 32.2. The van der Waals surface area contributed by atoms with Crippen LogP contribution in [0.3, 0.4) is 0 Å². The van der Waals surface area contributed by atoms with E-state index in [0.717, 1.165) is 5.56 Å². The van der Waals surface area contributed by atoms with Gasteiger partial charge < -0.3 is 11.5 Å². The number of carbonyl (C=O) groups excluding carboxylic acids is 1. The van der Waals surface area contributed by atoms with E-state index in [9.17, 15) is 13.2 Å². The highest BCUT2D eigenvalue weighted by Gasteiger charge is 2.31. The number of benzene rings is 1. The molecular weight excluding hydrogens is 266 g/mol. The Bertz CT molecular complexity index is 661. The van der Waals surface area contributed by atoms with Crippen LogP contribution in [0.4, 0.5) is 0 Å². The van der Waals surface area contributed by atoms with Crippen molar-refractivity contribution in [3.63, 3.8) is 0 Å². The average molecular weight is 281 g/mol. The van der Waals surface area contributed by atoms with Gasteiger partial charge in [-0.05, 0) is 37.5 Å². The molecule has 0 saturated carbocycles. The van der Waals surface area contributed by atoms with Crippen molar-refractivity contribution in [2.45, 2.75) is 29.9 Å². The second-order valence-corrected chi connectivity index (χ2v) is 6.89. The van der Waals surface area contributed by atoms with Gasteiger partial charge in [-0.25, -0.2) is 8.42 Å². The van der Waals surface area contributed by atoms with Gasteiger partial charge in [0.2, 0.25) is 0 Å². The Morgan fingerprint density at radius 1 is 1.37 bits per heavy atom. The van der Waals surface area contributed by atoms with Crippen LogP contribution in [0.25, 0.3) is 0 Å². The maximum absolute atomic E-state index is 12.2. The van der Waals surface area contributed by atoms with Crippen molar-refractivity contribution >= 4 is 21.7 Å². The number of guanidine groups is 1. The zero-order chi connectivity index (χ0) is 14.2. The summed E-state index contributed by atoms with van der Waals surface area (Å²) in [6, 6.07) is 4.54. The van der Waals surface area contributed by atoms with E-state index in [0.29, 0.717) is 12.8 Å². The Labute approximate surface area is 111 Å². The molecule has 2 rings (SSSR count). The molecule has 1 atom stereocenters. The van der Waals surface area contributed by atoms with E-state index < -0.39 is 21.0 Å². The van der Waals surface area contributed by atoms with Gasteiger partial charge in [-0.1, -0.05) is 6.07 Å². The molecule has 1 aliphatic rings. The fourth-order valence-electron chi connectivity index (χ4n) is 2.07. The maximum Gasteiger partial charge on any atom is 0.280 e. The van der Waals surface area contributed by atoms with Crippen LogP contribution in [-0.4, -0.2) is 25.5 Å². The van der Waals surface area contributed by atoms with Crippen LogP contribution in [0.5, 0.6) is 0 Å². The van der Waals surface area contributed by atoms with Crippen molar-refractivity contribution < 1.29 is 13.2 Å². The molecule has 1 heterocycles. The molecule has 0 aliphatic carbocycles. The standard InChI is InChI=1S/C12H15N3O3S/c1-7-2-3-8-4-5-9(11(16)15-12(13)14)6-10(8)19(7,17)18/h4-7H,2-3H2,1H3,(H4,13,14,15,16). The minimum Gasteiger partial charge on any atom is -0.370 e. The number of aliphatic imine (C=N–C) groups is 1. The summed E-state index contributed by atoms with van der Waals surface area (Å²) in [6.45, 7) is 1.67. The maximum atomic E-state index is 12.2. The fourth-order valence-corrected chi connectivity index (χ4v) is 3.76. The monoisotopic (exact) mass is 281 g/mol. The van der Waals surface area contributed by atoms with E-state index in [-0.39, 0.29) is 16.4 Å². The van der Waals surface area contributed by atoms with Crippen LogP contribution in [0.1, 0.15) is 29.3 Å². The molecule has 4 N–H and O–H groups in total. The highest BCUT2D eigenvalue weighted by Crippen LogP contribution is 2.30. The SMILES string of the molecule is CC1CCc2ccc(C(=O)N=C(N)N)cc2S1(=O)=O. The molecule has 0 radical (unpaired) electrons. The predicted molar refractivity (Wildman–Crippen MR) is 71.6 cm³/mol. The van der Waals surface area contributed by atoms with Crippen LogP contribution >= 0.6 is 0 Å². The van der Waals surface area contributed by atoms with Gasteiger partial charge in [0.1, 0.15) is 0 Å². The number of carbonyl (C=O) groups is 1. The molecule has 1 aromatic carbocycles. The van der Waals surface area contributed by atoms with Gasteiger partial charge in [-0.15, -0.1) is 0 Å². The molecule has 0 aromatic heterocycles. The number of nitrogens with two attached hydrogens (primary N) is 2. The van der Waals surface area contributed by atoms with Gasteiger partial charge in [0, 0.05) is 5.56 Å². The number of nitrogens with zero attached hydrogens (tertiary/aromatic N) is 1. The molecule has 1 amide bonds. The third-order valence-corrected chi connectivity index (χ3v) is 5.49. The molecule has 6 nitrogen and oxygen atoms in total. The fraction of sp³-hybridized carbons (Fsp3) is 0.333. The minimum absolute atomic E-state index is 0.171. The Morgan fingerprint density at radius 2 is 2.05 bits per heavy atom. The number of rotatable bonds is 1. The lowest BCUT2D eigenvalue weighted by atomic mass is 10.1. The van der Waals surface area contributed by atoms with E-state index in [1.54, 1.807) is 19.1 Å². The molecule has 1 aromatic rings. The summed E-state index contributed by atoms with van der Waals surface area (Å²) in [7, 11) is -3.37. The summed E-state index contributed by atoms with van der Waals surface area (Å²) in [5.74, 6) is -0.991. The normalized spacial score (nSPS) is 20.4. The number of hydrogen-bond donors (Lipinski definition) is 2. The number of hydrogen-bond acceptors (Lipinski definition) is 3. The zero-order valence-corrected chi connectivity index (χ0v) is 11.3. The smallest absolute Gasteiger partial charge is 0.280 e. The first-order valence-electron chi connectivity index (χ1n) is 5.83. The summed E-state index contributed by atoms with van der Waals surface area (Å²) in [5.41, 5.74) is 11.2. The number of aryl methyl sites for hydroxylation is 1. The molecule has 1 aliphatic heterocycles. The molecule has 0 saturated heterocycles. The van der Waals surface area contributed by atoms with E-state index >= 15 is 0 Å². The van der Waals surface area contributed by atoms with Gasteiger partial charge >= 0.3 is 0 Å². The summed E-state index contributed by atoms with van der Waals surface area (Å²) < 4.78 is 24.4. The molecule has 7 heteroatoms. The van der Waals surface area contributed by atoms with Crippen molar-refractivity contribution in [2.24, 2.45) is 16.5 Å². The van der Waals surface area contributed by atoms with Crippen LogP contribution in [0.2, 0.25) is 0 Å². The first kappa shape index (κ1) is 13.5. The molecule has 102 valence electrons. The predicted octanol–water partition coefficient (Wildman–Crippen LogP) is 0.209. The summed E-state index contributed by atoms with van der Waals surface area (Å²) in [5, 5.41) is -0.437. The molecule has 0 bridgehead atoms. The molecular formula is C12H15N3O3S. The van der Waals surface area contributed by atoms with Crippen LogP contribution in [0, 0.1) is 0 Å². The zero-order valence-electron chi connectivity index (χ0n) is 10.5. The summed E-state index contributed by atoms with van der Waals surface area (Å²) in [6.07, 6.45) is 1.28. The van der Waals surface area contributed by atoms with Gasteiger partial charge in [-0.3, -0.25) is 4.79 Å². The first-order chi connectivity index (χ1) is 8.82. The quantitative estimate of drug-likeness (QED) is 0.564. The van der Waals surface area contributed by atoms with Crippen molar-refractivity contribution in [1.29, 1.82) is 0 Å². The lowest BCUT2D eigenvalue weighted by Crippen LogP contribution is -2.26. The van der Waals surface area contributed by atoms with Gasteiger partial charge in [0.15, 0.2) is 15.8 Å². The van der Waals surface area contributed by atoms with Gasteiger partial charge in [-0.2, -0.15) is 4.99 Å². The minimum atomic E-state index is -3.37. The Morgan fingerprint density at radius 3 is 2.68 bits per heavy atom. The van der Waals surface area contributed by atoms with Crippen LogP contribution in [0.15, 0.2) is 28.1 Å². The number of sulfone groups is 1. The second kappa shape index (κ2) is 4.65. The lowest BCUT2D eigenvalue weighted by molar-refractivity contribution is 0.100. The van der Waals surface area contributed by atoms with Gasteiger partial charge in [0.25, 0.3) is 5.91 Å². The molecule has 19 heavy (non-hydrogen) atoms. The second-order valence-electron chi connectivity index (χ2n) is 4.56. The topological polar surface area (TPSA) is 116 Å². The number of fused-ring (bicyclic) bond motifs is 1. The Balaban J connectivity index is 2.52. The molecule has 1 unspecified atom stereocenters. The Kier molecular flexibility index (Phi) is 3.32. The Hall–Kier alpha value is -1.89. The van der Waals surface area contributed by atoms with Crippen LogP contribution < -0.4 is 11.5 Å². The van der Waals surface area contributed by atoms with Crippen molar-refractivity contribution in [3.05, 3.63) is 29.3 Å². The third kappa shape index (κ3) is 2.46. The number of amides is 1. The summed E-state index contributed by atoms with van der Waals surface area (Å²) in [4.78, 5) is 15.3. The van der Waals surface area contributed by atoms with Crippen molar-refractivity contribution in [1.82, 2.24) is 0 Å². The molecule has 0 spiro atoms. The highest BCUT2D eigenvalue weighted by molar-refractivity contribution is 7.92. The van der Waals surface area contributed by atoms with Crippen molar-refractivity contribution in [2.75, 3.05) is 0 Å². The largest absolute Gasteiger partial charge is 0.370 e. The summed E-state index contributed by atoms with van der Waals surface area (Å²) >= 11 is 0. The lowest BCUT2D eigenvalue weighted by Gasteiger charge is -2.22. The van der Waals surface area contributed by atoms with Crippen molar-refractivity contribution in [3.8, 4) is 0 Å². The van der Waals surface area contributed by atoms with Crippen LogP contribution in [-0.2, 0) is 16.3 Å². The average Bonchev–Trinajstić information content (AvgIpc) is 2.33. The van der Waals surface area contributed by atoms with E-state index in [1.165, 1.54) is 6.07 Å². The van der Waals surface area contributed by atoms with E-state index in [1.807, 2.05) is 0 Å². The van der Waals surface area contributed by atoms with E-state index in [2.05, 4.69) is 4.99 Å². The van der Waals surface area contributed by atoms with E-state index in [4.69, 9.17) is 11.5 Å².